The quantitative estimate of drug-likeness (QED) is 0.372. The van der Waals surface area contributed by atoms with Gasteiger partial charge in [0.2, 0.25) is 12.6 Å². The van der Waals surface area contributed by atoms with Gasteiger partial charge in [-0.15, -0.1) is 0 Å². The Hall–Kier alpha value is -1.97. The topological polar surface area (TPSA) is 117 Å². The highest BCUT2D eigenvalue weighted by Crippen LogP contribution is 2.08. The summed E-state index contributed by atoms with van der Waals surface area (Å²) in [6, 6.07) is 0. The molecule has 1 N–H and O–H groups in total. The average molecular weight is 365 g/mol. The Morgan fingerprint density at radius 1 is 0.875 bits per heavy atom. The van der Waals surface area contributed by atoms with Crippen LogP contribution in [0.4, 0.5) is 9.59 Å². The average Bonchev–Trinajstić information content (AvgIpc) is 2.50. The lowest BCUT2D eigenvalue weighted by Gasteiger charge is -2.14. The minimum absolute atomic E-state index is 0.135. The first kappa shape index (κ1) is 22.0. The Kier molecular flexibility index (Phi) is 11.4. The molecule has 0 spiro atoms. The van der Waals surface area contributed by atoms with Crippen LogP contribution in [0.25, 0.3) is 0 Å². The highest BCUT2D eigenvalue weighted by molar-refractivity contribution is 8.13. The van der Waals surface area contributed by atoms with Crippen LogP contribution in [0.15, 0.2) is 0 Å². The van der Waals surface area contributed by atoms with Crippen LogP contribution in [0.2, 0.25) is 0 Å². The van der Waals surface area contributed by atoms with Crippen molar-refractivity contribution in [2.75, 3.05) is 12.3 Å². The Bertz CT molecular complexity index is 402. The summed E-state index contributed by atoms with van der Waals surface area (Å²) in [4.78, 5) is 44.8. The van der Waals surface area contributed by atoms with Gasteiger partial charge in [-0.2, -0.15) is 0 Å². The van der Waals surface area contributed by atoms with Gasteiger partial charge in [0.1, 0.15) is 0 Å². The molecule has 2 atom stereocenters. The third-order valence-corrected chi connectivity index (χ3v) is 3.04. The molecule has 0 heterocycles. The molecule has 0 bridgehead atoms. The minimum atomic E-state index is -0.996. The summed E-state index contributed by atoms with van der Waals surface area (Å²) in [5.74, 6) is -0.722. The van der Waals surface area contributed by atoms with Crippen LogP contribution in [0, 0.1) is 0 Å². The molecule has 0 aromatic carbocycles. The summed E-state index contributed by atoms with van der Waals surface area (Å²) in [6.45, 7) is 6.23. The second-order valence-corrected chi connectivity index (χ2v) is 5.40. The largest absolute Gasteiger partial charge is 0.425 e. The standard InChI is InChI=1S/C14H23NO8S/c1-5-11(16)20-9(3)22-13(18)15-7-8-24-14(19)23-10(4)21-12(17)6-2/h9-10H,5-8H2,1-4H3,(H,15,18)/t9-,10-/m1/s1. The van der Waals surface area contributed by atoms with Gasteiger partial charge in [0, 0.05) is 39.0 Å². The van der Waals surface area contributed by atoms with Gasteiger partial charge in [0.05, 0.1) is 0 Å². The van der Waals surface area contributed by atoms with Crippen molar-refractivity contribution in [3.63, 3.8) is 0 Å². The molecule has 0 aromatic heterocycles. The van der Waals surface area contributed by atoms with E-state index in [0.717, 1.165) is 11.8 Å². The SMILES string of the molecule is CCC(=O)O[C@@H](C)OC(=O)NCCSC(=O)O[C@H](C)OC(=O)CC. The molecule has 0 aliphatic heterocycles. The number of amides is 1. The molecule has 138 valence electrons. The smallest absolute Gasteiger partial charge is 0.410 e. The minimum Gasteiger partial charge on any atom is -0.425 e. The van der Waals surface area contributed by atoms with E-state index in [1.165, 1.54) is 13.8 Å². The predicted octanol–water partition coefficient (Wildman–Crippen LogP) is 2.18. The van der Waals surface area contributed by atoms with Crippen LogP contribution in [0.1, 0.15) is 40.5 Å². The maximum atomic E-state index is 11.4. The second kappa shape index (κ2) is 12.5. The number of esters is 2. The highest BCUT2D eigenvalue weighted by atomic mass is 32.2. The number of ether oxygens (including phenoxy) is 4. The molecule has 0 aliphatic carbocycles. The van der Waals surface area contributed by atoms with E-state index in [4.69, 9.17) is 18.9 Å². The fourth-order valence-electron chi connectivity index (χ4n) is 1.23. The summed E-state index contributed by atoms with van der Waals surface area (Å²) >= 11 is 0.807. The maximum absolute atomic E-state index is 11.4. The Labute approximate surface area is 144 Å². The Morgan fingerprint density at radius 3 is 1.88 bits per heavy atom. The number of hydrogen-bond acceptors (Lipinski definition) is 9. The molecule has 0 saturated carbocycles. The molecule has 0 saturated heterocycles. The van der Waals surface area contributed by atoms with Gasteiger partial charge in [0.25, 0.3) is 0 Å². The van der Waals surface area contributed by atoms with Gasteiger partial charge < -0.3 is 24.3 Å². The Balaban J connectivity index is 3.80. The van der Waals surface area contributed by atoms with E-state index in [2.05, 4.69) is 5.32 Å². The molecule has 10 heteroatoms. The highest BCUT2D eigenvalue weighted by Gasteiger charge is 2.15. The van der Waals surface area contributed by atoms with Crippen molar-refractivity contribution >= 4 is 35.1 Å². The fourth-order valence-corrected chi connectivity index (χ4v) is 1.81. The first-order chi connectivity index (χ1) is 11.3. The van der Waals surface area contributed by atoms with Crippen molar-refractivity contribution in [3.8, 4) is 0 Å². The van der Waals surface area contributed by atoms with Crippen molar-refractivity contribution in [2.24, 2.45) is 0 Å². The van der Waals surface area contributed by atoms with Gasteiger partial charge in [-0.1, -0.05) is 13.8 Å². The van der Waals surface area contributed by atoms with Crippen LogP contribution in [-0.4, -0.2) is 48.2 Å². The van der Waals surface area contributed by atoms with E-state index in [1.807, 2.05) is 0 Å². The summed E-state index contributed by atoms with van der Waals surface area (Å²) in [6.07, 6.45) is -2.37. The normalized spacial score (nSPS) is 12.5. The second-order valence-electron chi connectivity index (χ2n) is 4.37. The number of carbonyl (C=O) groups excluding carboxylic acids is 4. The van der Waals surface area contributed by atoms with Crippen LogP contribution >= 0.6 is 11.8 Å². The maximum Gasteiger partial charge on any atom is 0.410 e. The molecular weight excluding hydrogens is 342 g/mol. The van der Waals surface area contributed by atoms with Gasteiger partial charge in [-0.05, 0) is 11.8 Å². The van der Waals surface area contributed by atoms with E-state index in [0.29, 0.717) is 0 Å². The number of carbonyl (C=O) groups is 4. The number of hydrogen-bond donors (Lipinski definition) is 1. The first-order valence-electron chi connectivity index (χ1n) is 7.45. The van der Waals surface area contributed by atoms with E-state index in [9.17, 15) is 19.2 Å². The molecule has 0 aliphatic rings. The van der Waals surface area contributed by atoms with Gasteiger partial charge >= 0.3 is 23.3 Å². The summed E-state index contributed by atoms with van der Waals surface area (Å²) in [7, 11) is 0. The van der Waals surface area contributed by atoms with Crippen molar-refractivity contribution in [2.45, 2.75) is 53.1 Å². The third kappa shape index (κ3) is 11.6. The zero-order valence-electron chi connectivity index (χ0n) is 14.2. The molecule has 0 radical (unpaired) electrons. The summed E-state index contributed by atoms with van der Waals surface area (Å²) in [5, 5.41) is 1.76. The molecular formula is C14H23NO8S. The van der Waals surface area contributed by atoms with Crippen molar-refractivity contribution < 1.29 is 38.1 Å². The molecule has 0 fully saturated rings. The molecule has 0 rings (SSSR count). The lowest BCUT2D eigenvalue weighted by molar-refractivity contribution is -0.165. The lowest BCUT2D eigenvalue weighted by atomic mass is 10.5. The number of thioether (sulfide) groups is 1. The van der Waals surface area contributed by atoms with Crippen molar-refractivity contribution in [3.05, 3.63) is 0 Å². The molecule has 24 heavy (non-hydrogen) atoms. The van der Waals surface area contributed by atoms with Crippen molar-refractivity contribution in [1.82, 2.24) is 5.32 Å². The van der Waals surface area contributed by atoms with E-state index < -0.39 is 35.9 Å². The molecule has 0 unspecified atom stereocenters. The summed E-state index contributed by atoms with van der Waals surface area (Å²) in [5.41, 5.74) is 0. The van der Waals surface area contributed by atoms with E-state index in [-0.39, 0.29) is 25.1 Å². The Morgan fingerprint density at radius 2 is 1.38 bits per heavy atom. The van der Waals surface area contributed by atoms with Crippen LogP contribution < -0.4 is 5.32 Å². The lowest BCUT2D eigenvalue weighted by Crippen LogP contribution is -2.31. The number of rotatable bonds is 9. The van der Waals surface area contributed by atoms with E-state index >= 15 is 0 Å². The number of nitrogens with one attached hydrogen (secondary N) is 1. The predicted molar refractivity (Wildman–Crippen MR) is 85.1 cm³/mol. The van der Waals surface area contributed by atoms with Gasteiger partial charge in [0.15, 0.2) is 0 Å². The zero-order chi connectivity index (χ0) is 18.5. The zero-order valence-corrected chi connectivity index (χ0v) is 15.0. The molecule has 1 amide bonds. The summed E-state index contributed by atoms with van der Waals surface area (Å²) < 4.78 is 19.1. The third-order valence-electron chi connectivity index (χ3n) is 2.30. The van der Waals surface area contributed by atoms with Crippen molar-refractivity contribution in [1.29, 1.82) is 0 Å². The van der Waals surface area contributed by atoms with Crippen LogP contribution in [0.3, 0.4) is 0 Å². The van der Waals surface area contributed by atoms with E-state index in [1.54, 1.807) is 13.8 Å². The monoisotopic (exact) mass is 365 g/mol. The van der Waals surface area contributed by atoms with Crippen LogP contribution in [-0.2, 0) is 28.5 Å². The molecule has 9 nitrogen and oxygen atoms in total. The fraction of sp³-hybridized carbons (Fsp3) is 0.714. The first-order valence-corrected chi connectivity index (χ1v) is 8.43. The van der Waals surface area contributed by atoms with Gasteiger partial charge in [-0.25, -0.2) is 9.59 Å². The number of alkyl carbamates (subject to hydrolysis) is 1. The van der Waals surface area contributed by atoms with Gasteiger partial charge in [-0.3, -0.25) is 9.59 Å². The molecule has 0 aromatic rings. The van der Waals surface area contributed by atoms with Crippen LogP contribution in [0.5, 0.6) is 0 Å².